The molecular weight excluding hydrogens is 396 g/mol. The van der Waals surface area contributed by atoms with Gasteiger partial charge in [0.05, 0.1) is 5.92 Å². The molecule has 1 heterocycles. The maximum Gasteiger partial charge on any atom is 0.227 e. The third-order valence-corrected chi connectivity index (χ3v) is 5.74. The number of carbonyl (C=O) groups excluding carboxylic acids is 2. The minimum atomic E-state index is -0.372. The Morgan fingerprint density at radius 2 is 1.60 bits per heavy atom. The Morgan fingerprint density at radius 1 is 0.967 bits per heavy atom. The summed E-state index contributed by atoms with van der Waals surface area (Å²) in [6, 6.07) is 27.4. The molecule has 5 heteroatoms. The fraction of sp³-hybridized carbons (Fsp3) is 0.200. The van der Waals surface area contributed by atoms with Gasteiger partial charge in [-0.25, -0.2) is 0 Å². The van der Waals surface area contributed by atoms with Gasteiger partial charge in [0.1, 0.15) is 0 Å². The summed E-state index contributed by atoms with van der Waals surface area (Å²) in [7, 11) is 0. The van der Waals surface area contributed by atoms with Crippen LogP contribution in [0.15, 0.2) is 84.9 Å². The Hall–Kier alpha value is -3.11. The molecule has 1 N–H and O–H groups in total. The Kier molecular flexibility index (Phi) is 6.15. The van der Waals surface area contributed by atoms with Crippen molar-refractivity contribution in [3.63, 3.8) is 0 Å². The molecule has 4 nitrogen and oxygen atoms in total. The summed E-state index contributed by atoms with van der Waals surface area (Å²) in [4.78, 5) is 27.0. The Bertz CT molecular complexity index is 984. The van der Waals surface area contributed by atoms with E-state index < -0.39 is 0 Å². The van der Waals surface area contributed by atoms with Crippen LogP contribution < -0.4 is 10.2 Å². The average Bonchev–Trinajstić information content (AvgIpc) is 3.17. The molecule has 30 heavy (non-hydrogen) atoms. The van der Waals surface area contributed by atoms with Crippen molar-refractivity contribution in [3.8, 4) is 0 Å². The van der Waals surface area contributed by atoms with Gasteiger partial charge in [0.2, 0.25) is 11.8 Å². The van der Waals surface area contributed by atoms with Crippen LogP contribution in [0.3, 0.4) is 0 Å². The molecule has 0 spiro atoms. The zero-order chi connectivity index (χ0) is 20.9. The number of hydrogen-bond donors (Lipinski definition) is 1. The average molecular weight is 419 g/mol. The highest BCUT2D eigenvalue weighted by molar-refractivity contribution is 6.31. The number of rotatable bonds is 6. The first-order valence-electron chi connectivity index (χ1n) is 10.1. The summed E-state index contributed by atoms with van der Waals surface area (Å²) >= 11 is 6.05. The van der Waals surface area contributed by atoms with Gasteiger partial charge in [0, 0.05) is 36.1 Å². The number of amides is 2. The molecule has 0 bridgehead atoms. The molecule has 1 fully saturated rings. The number of nitrogens with one attached hydrogen (secondary N) is 1. The molecule has 0 radical (unpaired) electrons. The van der Waals surface area contributed by atoms with Gasteiger partial charge in [-0.1, -0.05) is 78.3 Å². The lowest BCUT2D eigenvalue weighted by Gasteiger charge is -2.20. The van der Waals surface area contributed by atoms with Crippen molar-refractivity contribution in [1.82, 2.24) is 5.32 Å². The first kappa shape index (κ1) is 20.2. The third-order valence-electron chi connectivity index (χ3n) is 5.50. The molecule has 4 rings (SSSR count). The van der Waals surface area contributed by atoms with Crippen molar-refractivity contribution in [2.75, 3.05) is 18.0 Å². The van der Waals surface area contributed by atoms with E-state index in [0.29, 0.717) is 18.1 Å². The zero-order valence-corrected chi connectivity index (χ0v) is 17.3. The van der Waals surface area contributed by atoms with Crippen LogP contribution in [0.25, 0.3) is 0 Å². The van der Waals surface area contributed by atoms with Gasteiger partial charge in [0.15, 0.2) is 0 Å². The monoisotopic (exact) mass is 418 g/mol. The highest BCUT2D eigenvalue weighted by Gasteiger charge is 2.35. The number of nitrogens with zero attached hydrogens (tertiary/aromatic N) is 1. The normalized spacial score (nSPS) is 16.1. The van der Waals surface area contributed by atoms with E-state index in [1.54, 1.807) is 17.0 Å². The SMILES string of the molecule is O=C(NCC(c1ccccc1)c1ccccc1)[C@@H]1CC(=O)N(c2cccc(Cl)c2)C1. The molecule has 0 saturated carbocycles. The van der Waals surface area contributed by atoms with Crippen LogP contribution in [-0.4, -0.2) is 24.9 Å². The van der Waals surface area contributed by atoms with Gasteiger partial charge in [-0.15, -0.1) is 0 Å². The highest BCUT2D eigenvalue weighted by atomic mass is 35.5. The van der Waals surface area contributed by atoms with E-state index in [1.165, 1.54) is 0 Å². The molecule has 0 aliphatic carbocycles. The van der Waals surface area contributed by atoms with Crippen molar-refractivity contribution in [2.45, 2.75) is 12.3 Å². The van der Waals surface area contributed by atoms with E-state index in [0.717, 1.165) is 16.8 Å². The van der Waals surface area contributed by atoms with Crippen LogP contribution in [0.2, 0.25) is 5.02 Å². The van der Waals surface area contributed by atoms with E-state index in [2.05, 4.69) is 29.6 Å². The number of hydrogen-bond acceptors (Lipinski definition) is 2. The van der Waals surface area contributed by atoms with Crippen molar-refractivity contribution >= 4 is 29.1 Å². The van der Waals surface area contributed by atoms with E-state index in [1.807, 2.05) is 48.5 Å². The van der Waals surface area contributed by atoms with Crippen molar-refractivity contribution in [1.29, 1.82) is 0 Å². The second-order valence-corrected chi connectivity index (χ2v) is 7.94. The number of carbonyl (C=O) groups is 2. The fourth-order valence-corrected chi connectivity index (χ4v) is 4.11. The lowest BCUT2D eigenvalue weighted by Crippen LogP contribution is -2.35. The fourth-order valence-electron chi connectivity index (χ4n) is 3.92. The number of halogens is 1. The molecule has 1 saturated heterocycles. The molecule has 1 atom stereocenters. The van der Waals surface area contributed by atoms with Gasteiger partial charge in [0.25, 0.3) is 0 Å². The van der Waals surface area contributed by atoms with Crippen LogP contribution in [-0.2, 0) is 9.59 Å². The van der Waals surface area contributed by atoms with Crippen molar-refractivity contribution in [3.05, 3.63) is 101 Å². The van der Waals surface area contributed by atoms with E-state index in [-0.39, 0.29) is 30.1 Å². The summed E-state index contributed by atoms with van der Waals surface area (Å²) in [5.74, 6) is -0.467. The summed E-state index contributed by atoms with van der Waals surface area (Å²) in [6.07, 6.45) is 0.208. The molecule has 3 aromatic rings. The highest BCUT2D eigenvalue weighted by Crippen LogP contribution is 2.28. The van der Waals surface area contributed by atoms with E-state index in [4.69, 9.17) is 11.6 Å². The maximum atomic E-state index is 12.9. The summed E-state index contributed by atoms with van der Waals surface area (Å²) < 4.78 is 0. The topological polar surface area (TPSA) is 49.4 Å². The molecule has 2 amide bonds. The van der Waals surface area contributed by atoms with Gasteiger partial charge in [-0.2, -0.15) is 0 Å². The molecule has 3 aromatic carbocycles. The zero-order valence-electron chi connectivity index (χ0n) is 16.5. The third kappa shape index (κ3) is 4.55. The molecule has 152 valence electrons. The molecule has 0 aromatic heterocycles. The van der Waals surface area contributed by atoms with Crippen LogP contribution in [0.4, 0.5) is 5.69 Å². The smallest absolute Gasteiger partial charge is 0.227 e. The van der Waals surface area contributed by atoms with E-state index >= 15 is 0 Å². The molecule has 0 unspecified atom stereocenters. The largest absolute Gasteiger partial charge is 0.355 e. The Morgan fingerprint density at radius 3 is 2.20 bits per heavy atom. The second-order valence-electron chi connectivity index (χ2n) is 7.50. The first-order valence-corrected chi connectivity index (χ1v) is 10.4. The van der Waals surface area contributed by atoms with Crippen LogP contribution in [0.5, 0.6) is 0 Å². The van der Waals surface area contributed by atoms with Crippen LogP contribution >= 0.6 is 11.6 Å². The van der Waals surface area contributed by atoms with Crippen molar-refractivity contribution in [2.24, 2.45) is 5.92 Å². The van der Waals surface area contributed by atoms with Crippen LogP contribution in [0.1, 0.15) is 23.5 Å². The quantitative estimate of drug-likeness (QED) is 0.633. The predicted molar refractivity (Wildman–Crippen MR) is 120 cm³/mol. The summed E-state index contributed by atoms with van der Waals surface area (Å²) in [5.41, 5.74) is 3.02. The summed E-state index contributed by atoms with van der Waals surface area (Å²) in [6.45, 7) is 0.848. The van der Waals surface area contributed by atoms with Crippen molar-refractivity contribution < 1.29 is 9.59 Å². The lowest BCUT2D eigenvalue weighted by molar-refractivity contribution is -0.126. The molecule has 1 aliphatic rings. The molecule has 1 aliphatic heterocycles. The van der Waals surface area contributed by atoms with Gasteiger partial charge in [-0.3, -0.25) is 9.59 Å². The number of anilines is 1. The summed E-state index contributed by atoms with van der Waals surface area (Å²) in [5, 5.41) is 3.65. The minimum Gasteiger partial charge on any atom is -0.355 e. The molecular formula is C25H23ClN2O2. The van der Waals surface area contributed by atoms with Gasteiger partial charge >= 0.3 is 0 Å². The second kappa shape index (κ2) is 9.14. The first-order chi connectivity index (χ1) is 14.6. The van der Waals surface area contributed by atoms with Gasteiger partial charge < -0.3 is 10.2 Å². The predicted octanol–water partition coefficient (Wildman–Crippen LogP) is 4.64. The minimum absolute atomic E-state index is 0.0532. The maximum absolute atomic E-state index is 12.9. The van der Waals surface area contributed by atoms with Gasteiger partial charge in [-0.05, 0) is 29.3 Å². The van der Waals surface area contributed by atoms with Crippen LogP contribution in [0, 0.1) is 5.92 Å². The number of benzene rings is 3. The van der Waals surface area contributed by atoms with E-state index in [9.17, 15) is 9.59 Å². The lowest BCUT2D eigenvalue weighted by atomic mass is 9.91. The standard InChI is InChI=1S/C25H23ClN2O2/c26-21-12-7-13-22(15-21)28-17-20(14-24(28)29)25(30)27-16-23(18-8-3-1-4-9-18)19-10-5-2-6-11-19/h1-13,15,20,23H,14,16-17H2,(H,27,30)/t20-/m1/s1. The Labute approximate surface area is 181 Å². The Balaban J connectivity index is 1.45.